The summed E-state index contributed by atoms with van der Waals surface area (Å²) in [4.78, 5) is 10.4. The summed E-state index contributed by atoms with van der Waals surface area (Å²) in [6.45, 7) is 3.57. The second-order valence-corrected chi connectivity index (χ2v) is 5.52. The smallest absolute Gasteiger partial charge is 0.274 e. The van der Waals surface area contributed by atoms with Crippen molar-refractivity contribution in [1.82, 2.24) is 0 Å². The second-order valence-electron chi connectivity index (χ2n) is 3.75. The van der Waals surface area contributed by atoms with Crippen molar-refractivity contribution in [2.24, 2.45) is 0 Å². The topological polar surface area (TPSA) is 63.4 Å². The van der Waals surface area contributed by atoms with E-state index in [1.54, 1.807) is 19.1 Å². The molecular formula is C11H14ClNO3S. The Labute approximate surface area is 109 Å². The van der Waals surface area contributed by atoms with Gasteiger partial charge in [0.2, 0.25) is 0 Å². The van der Waals surface area contributed by atoms with Crippen LogP contribution in [0.3, 0.4) is 0 Å². The quantitative estimate of drug-likeness (QED) is 0.662. The third-order valence-corrected chi connectivity index (χ3v) is 4.19. The Balaban J connectivity index is 2.86. The zero-order valence-electron chi connectivity index (χ0n) is 9.59. The summed E-state index contributed by atoms with van der Waals surface area (Å²) < 4.78 is 0. The molecule has 0 heterocycles. The van der Waals surface area contributed by atoms with Gasteiger partial charge in [0.1, 0.15) is 0 Å². The maximum atomic E-state index is 10.8. The van der Waals surface area contributed by atoms with Crippen LogP contribution in [-0.2, 0) is 5.75 Å². The van der Waals surface area contributed by atoms with Gasteiger partial charge in [-0.3, -0.25) is 10.1 Å². The molecule has 1 N–H and O–H groups in total. The van der Waals surface area contributed by atoms with Crippen LogP contribution in [0.4, 0.5) is 5.69 Å². The van der Waals surface area contributed by atoms with Crippen LogP contribution in [0.15, 0.2) is 18.2 Å². The van der Waals surface area contributed by atoms with Gasteiger partial charge < -0.3 is 5.11 Å². The standard InChI is InChI=1S/C11H14ClNO3S/c1-7(14)8(2)17-6-9-10(12)4-3-5-11(9)13(15)16/h3-5,7-8,14H,6H2,1-2H3. The number of aliphatic hydroxyl groups excluding tert-OH is 1. The molecule has 6 heteroatoms. The molecule has 0 aliphatic heterocycles. The maximum absolute atomic E-state index is 10.8. The zero-order chi connectivity index (χ0) is 13.0. The number of nitrogens with zero attached hydrogens (tertiary/aromatic N) is 1. The largest absolute Gasteiger partial charge is 0.392 e. The molecule has 0 aliphatic rings. The molecule has 1 aromatic rings. The van der Waals surface area contributed by atoms with Gasteiger partial charge in [0.15, 0.2) is 0 Å². The fourth-order valence-corrected chi connectivity index (χ4v) is 2.54. The lowest BCUT2D eigenvalue weighted by Crippen LogP contribution is -2.15. The predicted molar refractivity (Wildman–Crippen MR) is 70.5 cm³/mol. The fraction of sp³-hybridized carbons (Fsp3) is 0.455. The average Bonchev–Trinajstić information content (AvgIpc) is 2.26. The number of aliphatic hydroxyl groups is 1. The Hall–Kier alpha value is -0.780. The van der Waals surface area contributed by atoms with Crippen molar-refractivity contribution in [2.75, 3.05) is 0 Å². The summed E-state index contributed by atoms with van der Waals surface area (Å²) in [5, 5.41) is 20.6. The molecule has 17 heavy (non-hydrogen) atoms. The Morgan fingerprint density at radius 1 is 1.53 bits per heavy atom. The molecule has 2 atom stereocenters. The first-order valence-electron chi connectivity index (χ1n) is 5.15. The molecular weight excluding hydrogens is 262 g/mol. The van der Waals surface area contributed by atoms with Crippen LogP contribution in [0.25, 0.3) is 0 Å². The highest BCUT2D eigenvalue weighted by Gasteiger charge is 2.18. The number of benzene rings is 1. The Morgan fingerprint density at radius 3 is 2.71 bits per heavy atom. The van der Waals surface area contributed by atoms with Gasteiger partial charge in [-0.1, -0.05) is 24.6 Å². The van der Waals surface area contributed by atoms with Gasteiger partial charge in [-0.15, -0.1) is 0 Å². The van der Waals surface area contributed by atoms with E-state index in [0.29, 0.717) is 16.3 Å². The number of nitro benzene ring substituents is 1. The van der Waals surface area contributed by atoms with E-state index in [1.807, 2.05) is 6.92 Å². The first-order valence-corrected chi connectivity index (χ1v) is 6.57. The van der Waals surface area contributed by atoms with Crippen LogP contribution in [0.1, 0.15) is 19.4 Å². The molecule has 0 saturated heterocycles. The average molecular weight is 276 g/mol. The Kier molecular flexibility index (Phi) is 5.24. The number of thioether (sulfide) groups is 1. The van der Waals surface area contributed by atoms with E-state index < -0.39 is 11.0 Å². The molecule has 0 saturated carbocycles. The van der Waals surface area contributed by atoms with Gasteiger partial charge in [-0.05, 0) is 13.0 Å². The van der Waals surface area contributed by atoms with Gasteiger partial charge in [-0.2, -0.15) is 11.8 Å². The summed E-state index contributed by atoms with van der Waals surface area (Å²) in [7, 11) is 0. The highest BCUT2D eigenvalue weighted by Crippen LogP contribution is 2.31. The fourth-order valence-electron chi connectivity index (χ4n) is 1.22. The van der Waals surface area contributed by atoms with Crippen LogP contribution in [0.5, 0.6) is 0 Å². The summed E-state index contributed by atoms with van der Waals surface area (Å²) in [5.41, 5.74) is 0.541. The third kappa shape index (κ3) is 3.87. The zero-order valence-corrected chi connectivity index (χ0v) is 11.2. The number of nitro groups is 1. The van der Waals surface area contributed by atoms with Crippen LogP contribution in [0.2, 0.25) is 5.02 Å². The molecule has 4 nitrogen and oxygen atoms in total. The molecule has 0 aliphatic carbocycles. The van der Waals surface area contributed by atoms with Crippen molar-refractivity contribution in [3.63, 3.8) is 0 Å². The first-order chi connectivity index (χ1) is 7.93. The number of hydrogen-bond acceptors (Lipinski definition) is 4. The lowest BCUT2D eigenvalue weighted by atomic mass is 10.2. The molecule has 1 rings (SSSR count). The Morgan fingerprint density at radius 2 is 2.18 bits per heavy atom. The van der Waals surface area contributed by atoms with Crippen LogP contribution in [-0.4, -0.2) is 21.4 Å². The van der Waals surface area contributed by atoms with Gasteiger partial charge in [-0.25, -0.2) is 0 Å². The summed E-state index contributed by atoms with van der Waals surface area (Å²) in [6.07, 6.45) is -0.457. The highest BCUT2D eigenvalue weighted by molar-refractivity contribution is 7.99. The molecule has 2 unspecified atom stereocenters. The molecule has 0 fully saturated rings. The van der Waals surface area contributed by atoms with E-state index >= 15 is 0 Å². The van der Waals surface area contributed by atoms with Crippen molar-refractivity contribution in [2.45, 2.75) is 31.0 Å². The summed E-state index contributed by atoms with van der Waals surface area (Å²) in [6, 6.07) is 4.64. The summed E-state index contributed by atoms with van der Waals surface area (Å²) in [5.74, 6) is 0.419. The second kappa shape index (κ2) is 6.23. The lowest BCUT2D eigenvalue weighted by molar-refractivity contribution is -0.385. The third-order valence-electron chi connectivity index (χ3n) is 2.46. The molecule has 1 aromatic carbocycles. The van der Waals surface area contributed by atoms with Crippen LogP contribution >= 0.6 is 23.4 Å². The van der Waals surface area contributed by atoms with E-state index in [4.69, 9.17) is 11.6 Å². The van der Waals surface area contributed by atoms with E-state index in [1.165, 1.54) is 17.8 Å². The molecule has 0 aromatic heterocycles. The predicted octanol–water partition coefficient (Wildman–Crippen LogP) is 3.25. The van der Waals surface area contributed by atoms with Gasteiger partial charge in [0.05, 0.1) is 21.6 Å². The summed E-state index contributed by atoms with van der Waals surface area (Å²) >= 11 is 7.40. The first kappa shape index (κ1) is 14.3. The number of rotatable bonds is 5. The van der Waals surface area contributed by atoms with Gasteiger partial charge in [0.25, 0.3) is 5.69 Å². The van der Waals surface area contributed by atoms with Crippen molar-refractivity contribution in [1.29, 1.82) is 0 Å². The van der Waals surface area contributed by atoms with E-state index in [-0.39, 0.29) is 10.9 Å². The highest BCUT2D eigenvalue weighted by atomic mass is 35.5. The van der Waals surface area contributed by atoms with E-state index in [9.17, 15) is 15.2 Å². The lowest BCUT2D eigenvalue weighted by Gasteiger charge is -2.14. The monoisotopic (exact) mass is 275 g/mol. The molecule has 0 amide bonds. The molecule has 0 spiro atoms. The normalized spacial score (nSPS) is 14.4. The van der Waals surface area contributed by atoms with Crippen molar-refractivity contribution in [3.8, 4) is 0 Å². The minimum absolute atomic E-state index is 0.00544. The van der Waals surface area contributed by atoms with Gasteiger partial charge in [0, 0.05) is 17.1 Å². The van der Waals surface area contributed by atoms with E-state index in [2.05, 4.69) is 0 Å². The SMILES string of the molecule is CC(O)C(C)SCc1c(Cl)cccc1[N+](=O)[O-]. The molecule has 94 valence electrons. The van der Waals surface area contributed by atoms with Gasteiger partial charge >= 0.3 is 0 Å². The minimum atomic E-state index is -0.457. The van der Waals surface area contributed by atoms with Crippen molar-refractivity contribution < 1.29 is 10.0 Å². The van der Waals surface area contributed by atoms with Crippen LogP contribution < -0.4 is 0 Å². The molecule has 0 radical (unpaired) electrons. The molecule has 0 bridgehead atoms. The minimum Gasteiger partial charge on any atom is -0.392 e. The number of halogens is 1. The van der Waals surface area contributed by atoms with Crippen molar-refractivity contribution in [3.05, 3.63) is 38.9 Å². The Bertz CT molecular complexity index is 412. The maximum Gasteiger partial charge on any atom is 0.274 e. The van der Waals surface area contributed by atoms with Crippen LogP contribution in [0, 0.1) is 10.1 Å². The number of hydrogen-bond donors (Lipinski definition) is 1. The van der Waals surface area contributed by atoms with Crippen molar-refractivity contribution >= 4 is 29.1 Å². The van der Waals surface area contributed by atoms with E-state index in [0.717, 1.165) is 0 Å².